The van der Waals surface area contributed by atoms with Crippen molar-refractivity contribution in [2.75, 3.05) is 5.32 Å². The predicted octanol–water partition coefficient (Wildman–Crippen LogP) is 2.92. The van der Waals surface area contributed by atoms with E-state index in [2.05, 4.69) is 21.7 Å². The fraction of sp³-hybridized carbons (Fsp3) is 0.0476. The van der Waals surface area contributed by atoms with Gasteiger partial charge < -0.3 is 11.1 Å². The van der Waals surface area contributed by atoms with Crippen LogP contribution in [0, 0.1) is 23.5 Å². The molecule has 2 aromatic heterocycles. The highest BCUT2D eigenvalue weighted by molar-refractivity contribution is 5.99. The van der Waals surface area contributed by atoms with Gasteiger partial charge in [-0.05, 0) is 35.9 Å². The number of fused-ring (bicyclic) bond motifs is 1. The fourth-order valence-corrected chi connectivity index (χ4v) is 2.99. The van der Waals surface area contributed by atoms with Crippen LogP contribution in [0.4, 0.5) is 10.1 Å². The molecule has 2 heterocycles. The van der Waals surface area contributed by atoms with Crippen molar-refractivity contribution in [1.29, 1.82) is 5.26 Å². The van der Waals surface area contributed by atoms with Crippen LogP contribution in [0.5, 0.6) is 0 Å². The van der Waals surface area contributed by atoms with Crippen LogP contribution in [0.1, 0.15) is 21.5 Å². The summed E-state index contributed by atoms with van der Waals surface area (Å²) in [7, 11) is 0. The zero-order valence-corrected chi connectivity index (χ0v) is 15.1. The van der Waals surface area contributed by atoms with E-state index in [4.69, 9.17) is 11.0 Å². The van der Waals surface area contributed by atoms with E-state index in [0.717, 1.165) is 16.8 Å². The number of carbonyl (C=O) groups excluding carboxylic acids is 1. The Kier molecular flexibility index (Phi) is 4.63. The maximum Gasteiger partial charge on any atom is 0.252 e. The lowest BCUT2D eigenvalue weighted by Gasteiger charge is -2.10. The molecule has 0 saturated carbocycles. The second-order valence-corrected chi connectivity index (χ2v) is 6.30. The average molecular weight is 385 g/mol. The molecule has 0 bridgehead atoms. The van der Waals surface area contributed by atoms with Crippen LogP contribution in [0.25, 0.3) is 16.9 Å². The first-order chi connectivity index (χ1) is 14.1. The molecule has 0 unspecified atom stereocenters. The number of anilines is 1. The Bertz CT molecular complexity index is 1260. The molecule has 4 aromatic rings. The van der Waals surface area contributed by atoms with Crippen molar-refractivity contribution >= 4 is 17.2 Å². The summed E-state index contributed by atoms with van der Waals surface area (Å²) in [6.07, 6.45) is 2.50. The fourth-order valence-electron chi connectivity index (χ4n) is 2.99. The van der Waals surface area contributed by atoms with Gasteiger partial charge in [0.15, 0.2) is 5.65 Å². The molecule has 7 nitrogen and oxygen atoms in total. The third-order valence-corrected chi connectivity index (χ3v) is 4.47. The Morgan fingerprint density at radius 2 is 2.00 bits per heavy atom. The molecule has 1 radical (unpaired) electrons. The quantitative estimate of drug-likeness (QED) is 0.549. The average Bonchev–Trinajstić information content (AvgIpc) is 3.22. The second-order valence-electron chi connectivity index (χ2n) is 6.30. The molecular formula is C21H14FN6O. The number of hydrogen-bond acceptors (Lipinski definition) is 5. The molecular weight excluding hydrogens is 371 g/mol. The number of aromatic nitrogens is 3. The summed E-state index contributed by atoms with van der Waals surface area (Å²) in [6.45, 7) is 0.413. The zero-order chi connectivity index (χ0) is 20.4. The largest absolute Gasteiger partial charge is 0.379 e. The lowest BCUT2D eigenvalue weighted by Crippen LogP contribution is -2.13. The van der Waals surface area contributed by atoms with Crippen molar-refractivity contribution in [3.8, 4) is 17.3 Å². The van der Waals surface area contributed by atoms with Crippen molar-refractivity contribution in [1.82, 2.24) is 14.6 Å². The van der Waals surface area contributed by atoms with Gasteiger partial charge in [0.2, 0.25) is 6.33 Å². The standard InChI is InChI=1S/C21H14FN6O/c22-17-9-14(10-23)3-7-18(17)25-11-13-1-4-15(5-2-13)19-8-6-16(20(24)29)21-26-12-27-28(19)21/h1-9,25H,11H2,(H2,24,29). The maximum atomic E-state index is 14.0. The number of nitrogens with zero attached hydrogens (tertiary/aromatic N) is 4. The first-order valence-corrected chi connectivity index (χ1v) is 8.65. The number of rotatable bonds is 5. The monoisotopic (exact) mass is 385 g/mol. The van der Waals surface area contributed by atoms with E-state index in [-0.39, 0.29) is 11.1 Å². The molecule has 0 spiro atoms. The second kappa shape index (κ2) is 7.40. The predicted molar refractivity (Wildman–Crippen MR) is 104 cm³/mol. The summed E-state index contributed by atoms with van der Waals surface area (Å²) in [6, 6.07) is 17.1. The molecule has 0 saturated heterocycles. The molecule has 3 N–H and O–H groups in total. The minimum atomic E-state index is -0.584. The molecule has 0 aliphatic heterocycles. The lowest BCUT2D eigenvalue weighted by atomic mass is 10.1. The number of halogens is 1. The van der Waals surface area contributed by atoms with Gasteiger partial charge >= 0.3 is 0 Å². The highest BCUT2D eigenvalue weighted by Gasteiger charge is 2.13. The number of primary amides is 1. The number of nitrogens with two attached hydrogens (primary N) is 1. The third kappa shape index (κ3) is 3.49. The SMILES string of the molecule is N#Cc1ccc(NCc2ccc(-c3ccc(C(N)=O)c4n[c]nn34)cc2)c(F)c1. The normalized spacial score (nSPS) is 10.6. The van der Waals surface area contributed by atoms with Crippen molar-refractivity contribution in [2.24, 2.45) is 5.73 Å². The molecule has 0 aliphatic rings. The van der Waals surface area contributed by atoms with Gasteiger partial charge in [-0.15, -0.1) is 5.10 Å². The van der Waals surface area contributed by atoms with Gasteiger partial charge in [-0.25, -0.2) is 13.9 Å². The number of nitriles is 1. The van der Waals surface area contributed by atoms with Gasteiger partial charge in [0.05, 0.1) is 28.6 Å². The van der Waals surface area contributed by atoms with Crippen LogP contribution in [-0.2, 0) is 6.54 Å². The van der Waals surface area contributed by atoms with Gasteiger partial charge in [0.25, 0.3) is 5.91 Å². The highest BCUT2D eigenvalue weighted by Crippen LogP contribution is 2.23. The molecule has 1 amide bonds. The van der Waals surface area contributed by atoms with E-state index in [1.807, 2.05) is 30.3 Å². The minimum Gasteiger partial charge on any atom is -0.379 e. The minimum absolute atomic E-state index is 0.271. The summed E-state index contributed by atoms with van der Waals surface area (Å²) in [4.78, 5) is 15.5. The Morgan fingerprint density at radius 3 is 2.69 bits per heavy atom. The first kappa shape index (κ1) is 18.1. The van der Waals surface area contributed by atoms with Gasteiger partial charge in [-0.1, -0.05) is 24.3 Å². The van der Waals surface area contributed by atoms with Gasteiger partial charge in [-0.2, -0.15) is 5.26 Å². The first-order valence-electron chi connectivity index (χ1n) is 8.65. The number of pyridine rings is 1. The van der Waals surface area contributed by atoms with E-state index < -0.39 is 11.7 Å². The Hall–Kier alpha value is -4.25. The smallest absolute Gasteiger partial charge is 0.252 e. The van der Waals surface area contributed by atoms with Crippen LogP contribution in [0.2, 0.25) is 0 Å². The molecule has 4 rings (SSSR count). The van der Waals surface area contributed by atoms with Gasteiger partial charge in [0.1, 0.15) is 5.82 Å². The van der Waals surface area contributed by atoms with Crippen LogP contribution in [-0.4, -0.2) is 20.5 Å². The number of carbonyl (C=O) groups is 1. The molecule has 8 heteroatoms. The molecule has 0 atom stereocenters. The molecule has 29 heavy (non-hydrogen) atoms. The zero-order valence-electron chi connectivity index (χ0n) is 15.1. The van der Waals surface area contributed by atoms with E-state index in [9.17, 15) is 9.18 Å². The van der Waals surface area contributed by atoms with Crippen LogP contribution < -0.4 is 11.1 Å². The number of hydrogen-bond donors (Lipinski definition) is 2. The van der Waals surface area contributed by atoms with Crippen molar-refractivity contribution in [2.45, 2.75) is 6.54 Å². The van der Waals surface area contributed by atoms with Gasteiger partial charge in [-0.3, -0.25) is 4.79 Å². The van der Waals surface area contributed by atoms with E-state index in [1.165, 1.54) is 10.6 Å². The number of nitrogens with one attached hydrogen (secondary N) is 1. The summed E-state index contributed by atoms with van der Waals surface area (Å²) in [5.74, 6) is -1.06. The maximum absolute atomic E-state index is 14.0. The van der Waals surface area contributed by atoms with Crippen molar-refractivity contribution in [3.05, 3.63) is 83.4 Å². The summed E-state index contributed by atoms with van der Waals surface area (Å²) >= 11 is 0. The lowest BCUT2D eigenvalue weighted by molar-refractivity contribution is 0.100. The van der Waals surface area contributed by atoms with Crippen molar-refractivity contribution < 1.29 is 9.18 Å². The van der Waals surface area contributed by atoms with E-state index in [1.54, 1.807) is 24.3 Å². The topological polar surface area (TPSA) is 109 Å². The third-order valence-electron chi connectivity index (χ3n) is 4.47. The highest BCUT2D eigenvalue weighted by atomic mass is 19.1. The van der Waals surface area contributed by atoms with E-state index in [0.29, 0.717) is 17.9 Å². The van der Waals surface area contributed by atoms with Crippen LogP contribution in [0.15, 0.2) is 54.6 Å². The Labute approximate surface area is 165 Å². The van der Waals surface area contributed by atoms with E-state index >= 15 is 0 Å². The summed E-state index contributed by atoms with van der Waals surface area (Å²) in [5, 5.41) is 15.9. The van der Waals surface area contributed by atoms with Gasteiger partial charge in [0, 0.05) is 12.1 Å². The summed E-state index contributed by atoms with van der Waals surface area (Å²) < 4.78 is 15.5. The molecule has 0 fully saturated rings. The molecule has 141 valence electrons. The molecule has 2 aromatic carbocycles. The Balaban J connectivity index is 1.55. The van der Waals surface area contributed by atoms with Crippen LogP contribution >= 0.6 is 0 Å². The number of benzene rings is 2. The molecule has 0 aliphatic carbocycles. The Morgan fingerprint density at radius 1 is 1.21 bits per heavy atom. The summed E-state index contributed by atoms with van der Waals surface area (Å²) in [5.41, 5.74) is 9.12. The van der Waals surface area contributed by atoms with Crippen molar-refractivity contribution in [3.63, 3.8) is 0 Å². The van der Waals surface area contributed by atoms with Crippen LogP contribution in [0.3, 0.4) is 0 Å². The number of amides is 1.